The standard InChI is InChI=1S/C16H26N2.ClH/c1-2-13-18(16-8-11-17-12-9-16)14-10-15-6-4-3-5-7-15;/h3-7,16-17H,2,8-14H2,1H3;1H. The van der Waals surface area contributed by atoms with Gasteiger partial charge in [0.2, 0.25) is 0 Å². The smallest absolute Gasteiger partial charge is 0.0119 e. The van der Waals surface area contributed by atoms with Gasteiger partial charge in [-0.15, -0.1) is 12.4 Å². The first kappa shape index (κ1) is 16.5. The van der Waals surface area contributed by atoms with Gasteiger partial charge in [-0.05, 0) is 50.9 Å². The van der Waals surface area contributed by atoms with Crippen LogP contribution in [0.25, 0.3) is 0 Å². The number of nitrogens with zero attached hydrogens (tertiary/aromatic N) is 1. The van der Waals surface area contributed by atoms with Crippen LogP contribution in [0.5, 0.6) is 0 Å². The second-order valence-corrected chi connectivity index (χ2v) is 5.25. The monoisotopic (exact) mass is 282 g/mol. The van der Waals surface area contributed by atoms with Crippen molar-refractivity contribution < 1.29 is 0 Å². The van der Waals surface area contributed by atoms with Crippen molar-refractivity contribution in [3.05, 3.63) is 35.9 Å². The van der Waals surface area contributed by atoms with Crippen LogP contribution < -0.4 is 5.32 Å². The Morgan fingerprint density at radius 1 is 1.11 bits per heavy atom. The van der Waals surface area contributed by atoms with E-state index in [0.29, 0.717) is 0 Å². The van der Waals surface area contributed by atoms with Gasteiger partial charge >= 0.3 is 0 Å². The zero-order valence-electron chi connectivity index (χ0n) is 12.0. The number of hydrogen-bond donors (Lipinski definition) is 1. The lowest BCUT2D eigenvalue weighted by atomic mass is 10.0. The maximum Gasteiger partial charge on any atom is 0.0119 e. The van der Waals surface area contributed by atoms with Gasteiger partial charge in [0.1, 0.15) is 0 Å². The fraction of sp³-hybridized carbons (Fsp3) is 0.625. The van der Waals surface area contributed by atoms with Gasteiger partial charge in [0.25, 0.3) is 0 Å². The molecule has 0 unspecified atom stereocenters. The molecule has 2 rings (SSSR count). The van der Waals surface area contributed by atoms with E-state index in [1.54, 1.807) is 0 Å². The summed E-state index contributed by atoms with van der Waals surface area (Å²) in [5.41, 5.74) is 1.47. The van der Waals surface area contributed by atoms with E-state index in [0.717, 1.165) is 6.04 Å². The molecule has 1 aliphatic heterocycles. The lowest BCUT2D eigenvalue weighted by molar-refractivity contribution is 0.164. The first-order chi connectivity index (χ1) is 8.90. The maximum absolute atomic E-state index is 3.46. The highest BCUT2D eigenvalue weighted by atomic mass is 35.5. The molecular weight excluding hydrogens is 256 g/mol. The third-order valence-electron chi connectivity index (χ3n) is 3.87. The predicted molar refractivity (Wildman–Crippen MR) is 85.1 cm³/mol. The van der Waals surface area contributed by atoms with E-state index in [2.05, 4.69) is 47.5 Å². The molecule has 1 fully saturated rings. The Labute approximate surface area is 124 Å². The summed E-state index contributed by atoms with van der Waals surface area (Å²) in [5, 5.41) is 3.46. The summed E-state index contributed by atoms with van der Waals surface area (Å²) in [7, 11) is 0. The normalized spacial score (nSPS) is 16.3. The Kier molecular flexibility index (Phi) is 8.11. The number of rotatable bonds is 6. The summed E-state index contributed by atoms with van der Waals surface area (Å²) in [6, 6.07) is 11.7. The molecule has 0 amide bonds. The highest BCUT2D eigenvalue weighted by Crippen LogP contribution is 2.13. The van der Waals surface area contributed by atoms with E-state index >= 15 is 0 Å². The van der Waals surface area contributed by atoms with Crippen LogP contribution in [0.4, 0.5) is 0 Å². The fourth-order valence-electron chi connectivity index (χ4n) is 2.85. The zero-order chi connectivity index (χ0) is 12.6. The number of hydrogen-bond acceptors (Lipinski definition) is 2. The highest BCUT2D eigenvalue weighted by Gasteiger charge is 2.19. The van der Waals surface area contributed by atoms with E-state index in [4.69, 9.17) is 0 Å². The van der Waals surface area contributed by atoms with Crippen LogP contribution in [0.1, 0.15) is 31.7 Å². The molecule has 1 heterocycles. The minimum absolute atomic E-state index is 0. The second-order valence-electron chi connectivity index (χ2n) is 5.25. The highest BCUT2D eigenvalue weighted by molar-refractivity contribution is 5.85. The number of nitrogens with one attached hydrogen (secondary N) is 1. The van der Waals surface area contributed by atoms with Crippen molar-refractivity contribution in [1.82, 2.24) is 10.2 Å². The largest absolute Gasteiger partial charge is 0.317 e. The molecule has 0 radical (unpaired) electrons. The van der Waals surface area contributed by atoms with Crippen LogP contribution in [0.2, 0.25) is 0 Å². The van der Waals surface area contributed by atoms with Gasteiger partial charge in [0, 0.05) is 12.6 Å². The molecule has 3 heteroatoms. The molecule has 0 saturated carbocycles. The van der Waals surface area contributed by atoms with Crippen molar-refractivity contribution in [3.63, 3.8) is 0 Å². The molecule has 0 aliphatic carbocycles. The summed E-state index contributed by atoms with van der Waals surface area (Å²) in [6.45, 7) is 7.13. The Morgan fingerprint density at radius 3 is 2.42 bits per heavy atom. The van der Waals surface area contributed by atoms with Crippen LogP contribution >= 0.6 is 12.4 Å². The summed E-state index contributed by atoms with van der Waals surface area (Å²) in [5.74, 6) is 0. The molecule has 1 aromatic carbocycles. The summed E-state index contributed by atoms with van der Waals surface area (Å²) in [4.78, 5) is 2.70. The molecule has 108 valence electrons. The van der Waals surface area contributed by atoms with Crippen molar-refractivity contribution in [2.45, 2.75) is 38.6 Å². The van der Waals surface area contributed by atoms with Crippen LogP contribution in [0, 0.1) is 0 Å². The van der Waals surface area contributed by atoms with Gasteiger partial charge < -0.3 is 5.32 Å². The van der Waals surface area contributed by atoms with Crippen molar-refractivity contribution in [2.75, 3.05) is 26.2 Å². The van der Waals surface area contributed by atoms with Gasteiger partial charge in [-0.25, -0.2) is 0 Å². The third-order valence-corrected chi connectivity index (χ3v) is 3.87. The average Bonchev–Trinajstić information content (AvgIpc) is 2.45. The van der Waals surface area contributed by atoms with E-state index in [-0.39, 0.29) is 12.4 Å². The molecule has 0 aromatic heterocycles. The minimum atomic E-state index is 0. The number of piperidine rings is 1. The molecule has 0 atom stereocenters. The van der Waals surface area contributed by atoms with E-state index in [1.807, 2.05) is 0 Å². The maximum atomic E-state index is 3.46. The van der Waals surface area contributed by atoms with Gasteiger partial charge in [0.15, 0.2) is 0 Å². The summed E-state index contributed by atoms with van der Waals surface area (Å²) in [6.07, 6.45) is 5.08. The van der Waals surface area contributed by atoms with Crippen LogP contribution in [-0.2, 0) is 6.42 Å². The first-order valence-corrected chi connectivity index (χ1v) is 7.39. The molecule has 2 nitrogen and oxygen atoms in total. The minimum Gasteiger partial charge on any atom is -0.317 e. The molecule has 0 spiro atoms. The van der Waals surface area contributed by atoms with Crippen molar-refractivity contribution in [1.29, 1.82) is 0 Å². The molecule has 0 bridgehead atoms. The topological polar surface area (TPSA) is 15.3 Å². The SMILES string of the molecule is CCCN(CCc1ccccc1)C1CCNCC1.Cl. The third kappa shape index (κ3) is 5.52. The van der Waals surface area contributed by atoms with E-state index in [9.17, 15) is 0 Å². The Bertz CT molecular complexity index is 323. The lowest BCUT2D eigenvalue weighted by Crippen LogP contribution is -2.44. The van der Waals surface area contributed by atoms with E-state index in [1.165, 1.54) is 57.4 Å². The summed E-state index contributed by atoms with van der Waals surface area (Å²) < 4.78 is 0. The van der Waals surface area contributed by atoms with Crippen LogP contribution in [0.15, 0.2) is 30.3 Å². The number of halogens is 1. The van der Waals surface area contributed by atoms with Crippen molar-refractivity contribution in [2.24, 2.45) is 0 Å². The van der Waals surface area contributed by atoms with Crippen LogP contribution in [0.3, 0.4) is 0 Å². The Hall–Kier alpha value is -0.570. The van der Waals surface area contributed by atoms with Gasteiger partial charge in [-0.2, -0.15) is 0 Å². The second kappa shape index (κ2) is 9.35. The molecule has 1 aromatic rings. The Balaban J connectivity index is 0.00000180. The summed E-state index contributed by atoms with van der Waals surface area (Å²) >= 11 is 0. The Morgan fingerprint density at radius 2 is 1.79 bits per heavy atom. The van der Waals surface area contributed by atoms with Crippen LogP contribution in [-0.4, -0.2) is 37.1 Å². The van der Waals surface area contributed by atoms with Crippen molar-refractivity contribution in [3.8, 4) is 0 Å². The quantitative estimate of drug-likeness (QED) is 0.862. The lowest BCUT2D eigenvalue weighted by Gasteiger charge is -2.34. The molecule has 1 aliphatic rings. The van der Waals surface area contributed by atoms with Gasteiger partial charge in [-0.1, -0.05) is 37.3 Å². The van der Waals surface area contributed by atoms with E-state index < -0.39 is 0 Å². The molecule has 1 saturated heterocycles. The predicted octanol–water partition coefficient (Wildman–Crippen LogP) is 3.11. The van der Waals surface area contributed by atoms with Gasteiger partial charge in [-0.3, -0.25) is 4.90 Å². The molecule has 1 N–H and O–H groups in total. The van der Waals surface area contributed by atoms with Gasteiger partial charge in [0.05, 0.1) is 0 Å². The number of benzene rings is 1. The molecule has 19 heavy (non-hydrogen) atoms. The molecular formula is C16H27ClN2. The zero-order valence-corrected chi connectivity index (χ0v) is 12.8. The average molecular weight is 283 g/mol. The fourth-order valence-corrected chi connectivity index (χ4v) is 2.85. The van der Waals surface area contributed by atoms with Crippen molar-refractivity contribution >= 4 is 12.4 Å². The first-order valence-electron chi connectivity index (χ1n) is 7.39.